The molecular formula is C4H6N2OS. The lowest BCUT2D eigenvalue weighted by Gasteiger charge is -1.92. The van der Waals surface area contributed by atoms with Gasteiger partial charge in [-0.15, -0.1) is 0 Å². The molecule has 0 saturated carbocycles. The Labute approximate surface area is 50.5 Å². The van der Waals surface area contributed by atoms with Crippen molar-refractivity contribution in [2.45, 2.75) is 0 Å². The molecule has 4 heteroatoms. The van der Waals surface area contributed by atoms with Crippen LogP contribution >= 0.6 is 11.3 Å². The van der Waals surface area contributed by atoms with Crippen LogP contribution in [0.2, 0.25) is 0 Å². The second-order valence-corrected chi connectivity index (χ2v) is 2.12. The van der Waals surface area contributed by atoms with E-state index in [0.29, 0.717) is 0 Å². The topological polar surface area (TPSA) is 34.0 Å². The molecule has 0 unspecified atom stereocenters. The Bertz CT molecular complexity index is 214. The molecule has 0 amide bonds. The van der Waals surface area contributed by atoms with Gasteiger partial charge < -0.3 is 5.43 Å². The molecule has 1 N–H and O–H groups in total. The van der Waals surface area contributed by atoms with Crippen LogP contribution in [0.5, 0.6) is 0 Å². The van der Waals surface area contributed by atoms with E-state index in [4.69, 9.17) is 0 Å². The lowest BCUT2D eigenvalue weighted by molar-refractivity contribution is 0.908. The van der Waals surface area contributed by atoms with Gasteiger partial charge in [-0.05, 0) is 0 Å². The van der Waals surface area contributed by atoms with Gasteiger partial charge in [0.1, 0.15) is 0 Å². The summed E-state index contributed by atoms with van der Waals surface area (Å²) < 4.78 is 1.42. The Kier molecular flexibility index (Phi) is 1.34. The quantitative estimate of drug-likeness (QED) is 0.584. The van der Waals surface area contributed by atoms with Gasteiger partial charge in [-0.1, -0.05) is 11.3 Å². The van der Waals surface area contributed by atoms with Gasteiger partial charge in [0, 0.05) is 18.6 Å². The third-order valence-corrected chi connectivity index (χ3v) is 1.47. The van der Waals surface area contributed by atoms with Crippen molar-refractivity contribution in [2.24, 2.45) is 0 Å². The summed E-state index contributed by atoms with van der Waals surface area (Å²) in [4.78, 5) is 10.6. The summed E-state index contributed by atoms with van der Waals surface area (Å²) in [6.45, 7) is 0. The average Bonchev–Trinajstić information content (AvgIpc) is 2.14. The predicted octanol–water partition coefficient (Wildman–Crippen LogP) is 0.0831. The number of hydrogen-bond donors (Lipinski definition) is 1. The molecule has 1 aromatic rings. The lowest BCUT2D eigenvalue weighted by Crippen LogP contribution is -2.19. The molecule has 0 fully saturated rings. The molecule has 3 nitrogen and oxygen atoms in total. The van der Waals surface area contributed by atoms with E-state index in [1.165, 1.54) is 16.0 Å². The molecule has 1 rings (SSSR count). The zero-order valence-electron chi connectivity index (χ0n) is 4.42. The minimum atomic E-state index is 0.0208. The molecule has 0 aliphatic heterocycles. The van der Waals surface area contributed by atoms with Gasteiger partial charge in [0.25, 0.3) is 0 Å². The standard InChI is InChI=1S/C4H6N2OS/c1-5-6-2-3-8-4(6)7/h2-3,5H,1H3. The number of nitrogens with one attached hydrogen (secondary N) is 1. The Balaban J connectivity index is 3.11. The monoisotopic (exact) mass is 130 g/mol. The first-order valence-electron chi connectivity index (χ1n) is 2.18. The average molecular weight is 130 g/mol. The molecule has 0 aliphatic rings. The van der Waals surface area contributed by atoms with Gasteiger partial charge in [-0.3, -0.25) is 4.79 Å². The normalized spacial score (nSPS) is 9.12. The fourth-order valence-electron chi connectivity index (χ4n) is 0.433. The SMILES string of the molecule is CNn1ccsc1=O. The van der Waals surface area contributed by atoms with Crippen LogP contribution in [0, 0.1) is 0 Å². The summed E-state index contributed by atoms with van der Waals surface area (Å²) in [5, 5.41) is 1.73. The lowest BCUT2D eigenvalue weighted by atomic mass is 11.0. The van der Waals surface area contributed by atoms with Crippen LogP contribution < -0.4 is 10.3 Å². The predicted molar refractivity (Wildman–Crippen MR) is 33.9 cm³/mol. The zero-order valence-corrected chi connectivity index (χ0v) is 5.23. The highest BCUT2D eigenvalue weighted by molar-refractivity contribution is 7.07. The molecule has 0 bridgehead atoms. The highest BCUT2D eigenvalue weighted by Crippen LogP contribution is 1.82. The largest absolute Gasteiger partial charge is 0.326 e. The number of hydrogen-bond acceptors (Lipinski definition) is 3. The Morgan fingerprint density at radius 2 is 2.62 bits per heavy atom. The summed E-state index contributed by atoms with van der Waals surface area (Å²) in [5.74, 6) is 0. The number of thiazole rings is 1. The van der Waals surface area contributed by atoms with E-state index < -0.39 is 0 Å². The molecule has 0 radical (unpaired) electrons. The van der Waals surface area contributed by atoms with Crippen molar-refractivity contribution in [1.29, 1.82) is 0 Å². The number of nitrogens with zero attached hydrogens (tertiary/aromatic N) is 1. The smallest absolute Gasteiger partial charge is 0.325 e. The minimum Gasteiger partial charge on any atom is -0.326 e. The fourth-order valence-corrected chi connectivity index (χ4v) is 0.998. The fraction of sp³-hybridized carbons (Fsp3) is 0.250. The van der Waals surface area contributed by atoms with Crippen molar-refractivity contribution in [3.05, 3.63) is 21.2 Å². The molecule has 1 heterocycles. The van der Waals surface area contributed by atoms with Crippen molar-refractivity contribution in [3.8, 4) is 0 Å². The van der Waals surface area contributed by atoms with Crippen molar-refractivity contribution in [3.63, 3.8) is 0 Å². The van der Waals surface area contributed by atoms with Crippen LogP contribution in [0.15, 0.2) is 16.4 Å². The maximum atomic E-state index is 10.6. The third kappa shape index (κ3) is 0.742. The van der Waals surface area contributed by atoms with Crippen LogP contribution in [-0.2, 0) is 0 Å². The summed E-state index contributed by atoms with van der Waals surface area (Å²) in [6, 6.07) is 0. The molecule has 0 aliphatic carbocycles. The third-order valence-electron chi connectivity index (χ3n) is 0.816. The van der Waals surface area contributed by atoms with Crippen LogP contribution in [-0.4, -0.2) is 11.7 Å². The van der Waals surface area contributed by atoms with Crippen LogP contribution in [0.4, 0.5) is 0 Å². The van der Waals surface area contributed by atoms with Gasteiger partial charge in [0.15, 0.2) is 0 Å². The second kappa shape index (κ2) is 2.00. The zero-order chi connectivity index (χ0) is 5.98. The second-order valence-electron chi connectivity index (χ2n) is 1.26. The van der Waals surface area contributed by atoms with Gasteiger partial charge in [-0.25, -0.2) is 4.68 Å². The summed E-state index contributed by atoms with van der Waals surface area (Å²) in [7, 11) is 1.70. The molecular weight excluding hydrogens is 124 g/mol. The van der Waals surface area contributed by atoms with E-state index in [1.807, 2.05) is 0 Å². The first kappa shape index (κ1) is 5.37. The summed E-state index contributed by atoms with van der Waals surface area (Å²) in [5.41, 5.74) is 2.69. The van der Waals surface area contributed by atoms with Gasteiger partial charge in [-0.2, -0.15) is 0 Å². The van der Waals surface area contributed by atoms with Crippen molar-refractivity contribution < 1.29 is 0 Å². The first-order chi connectivity index (χ1) is 3.84. The van der Waals surface area contributed by atoms with E-state index in [0.717, 1.165) is 0 Å². The molecule has 1 aromatic heterocycles. The Hall–Kier alpha value is -0.770. The van der Waals surface area contributed by atoms with Crippen molar-refractivity contribution >= 4 is 11.3 Å². The molecule has 0 aromatic carbocycles. The van der Waals surface area contributed by atoms with E-state index in [1.54, 1.807) is 18.6 Å². The minimum absolute atomic E-state index is 0.0208. The highest BCUT2D eigenvalue weighted by atomic mass is 32.1. The van der Waals surface area contributed by atoms with Crippen molar-refractivity contribution in [2.75, 3.05) is 12.5 Å². The number of aromatic nitrogens is 1. The molecule has 44 valence electrons. The van der Waals surface area contributed by atoms with Crippen LogP contribution in [0.25, 0.3) is 0 Å². The van der Waals surface area contributed by atoms with Gasteiger partial charge >= 0.3 is 4.87 Å². The molecule has 0 spiro atoms. The Morgan fingerprint density at radius 3 is 2.88 bits per heavy atom. The van der Waals surface area contributed by atoms with Crippen molar-refractivity contribution in [1.82, 2.24) is 4.68 Å². The molecule has 8 heavy (non-hydrogen) atoms. The van der Waals surface area contributed by atoms with E-state index >= 15 is 0 Å². The first-order valence-corrected chi connectivity index (χ1v) is 3.06. The summed E-state index contributed by atoms with van der Waals surface area (Å²) >= 11 is 1.17. The summed E-state index contributed by atoms with van der Waals surface area (Å²) in [6.07, 6.45) is 1.69. The van der Waals surface area contributed by atoms with Gasteiger partial charge in [0.05, 0.1) is 0 Å². The highest BCUT2D eigenvalue weighted by Gasteiger charge is 1.87. The maximum Gasteiger partial charge on any atom is 0.325 e. The maximum absolute atomic E-state index is 10.6. The molecule has 0 atom stereocenters. The van der Waals surface area contributed by atoms with E-state index in [-0.39, 0.29) is 4.87 Å². The van der Waals surface area contributed by atoms with E-state index in [2.05, 4.69) is 5.43 Å². The van der Waals surface area contributed by atoms with Gasteiger partial charge in [0.2, 0.25) is 0 Å². The van der Waals surface area contributed by atoms with Crippen LogP contribution in [0.1, 0.15) is 0 Å². The molecule has 0 saturated heterocycles. The van der Waals surface area contributed by atoms with Crippen LogP contribution in [0.3, 0.4) is 0 Å². The van der Waals surface area contributed by atoms with E-state index in [9.17, 15) is 4.79 Å². The number of rotatable bonds is 1. The Morgan fingerprint density at radius 1 is 1.88 bits per heavy atom.